The predicted octanol–water partition coefficient (Wildman–Crippen LogP) is 1.27. The second-order valence-corrected chi connectivity index (χ2v) is 2.89. The largest absolute Gasteiger partial charge is 0.465 e. The Hall–Kier alpha value is -0.990. The lowest BCUT2D eigenvalue weighted by molar-refractivity contribution is 0.160. The molecule has 1 aliphatic carbocycles. The number of hydrogen-bond donors (Lipinski definition) is 1. The Morgan fingerprint density at radius 2 is 2.60 bits per heavy atom. The van der Waals surface area contributed by atoms with Gasteiger partial charge < -0.3 is 5.11 Å². The summed E-state index contributed by atoms with van der Waals surface area (Å²) < 4.78 is 0. The van der Waals surface area contributed by atoms with Crippen LogP contribution in [0, 0.1) is 5.92 Å². The number of nitrogens with zero attached hydrogens (tertiary/aromatic N) is 1. The zero-order chi connectivity index (χ0) is 7.14. The number of amides is 1. The Balaban J connectivity index is 2.21. The molecule has 0 aromatic heterocycles. The molecule has 1 heterocycles. The van der Waals surface area contributed by atoms with Crippen LogP contribution in [0.25, 0.3) is 0 Å². The summed E-state index contributed by atoms with van der Waals surface area (Å²) in [6.07, 6.45) is 3.29. The fraction of sp³-hybridized carbons (Fsp3) is 0.571. The van der Waals surface area contributed by atoms with Crippen LogP contribution in [-0.4, -0.2) is 22.6 Å². The van der Waals surface area contributed by atoms with Gasteiger partial charge in [-0.1, -0.05) is 6.08 Å². The lowest BCUT2D eigenvalue weighted by Crippen LogP contribution is -2.27. The summed E-state index contributed by atoms with van der Waals surface area (Å²) >= 11 is 0. The Morgan fingerprint density at radius 1 is 1.80 bits per heavy atom. The molecule has 3 nitrogen and oxygen atoms in total. The van der Waals surface area contributed by atoms with Crippen molar-refractivity contribution in [2.24, 2.45) is 5.92 Å². The van der Waals surface area contributed by atoms with E-state index in [1.54, 1.807) is 0 Å². The van der Waals surface area contributed by atoms with Gasteiger partial charge >= 0.3 is 6.09 Å². The average molecular weight is 139 g/mol. The molecule has 1 unspecified atom stereocenters. The first-order valence-electron chi connectivity index (χ1n) is 3.47. The standard InChI is InChI=1S/C7H9NO2/c9-7(10)8-4-5-1-2-6(8)3-5/h2,5H,1,3-4H2,(H,9,10). The number of likely N-dealkylation sites (tertiary alicyclic amines) is 1. The van der Waals surface area contributed by atoms with E-state index in [9.17, 15) is 4.79 Å². The van der Waals surface area contributed by atoms with Crippen LogP contribution in [0.1, 0.15) is 12.8 Å². The van der Waals surface area contributed by atoms with Crippen LogP contribution in [0.15, 0.2) is 11.8 Å². The van der Waals surface area contributed by atoms with E-state index in [1.807, 2.05) is 6.08 Å². The van der Waals surface area contributed by atoms with Gasteiger partial charge in [0.05, 0.1) is 0 Å². The molecule has 0 spiro atoms. The quantitative estimate of drug-likeness (QED) is 0.549. The van der Waals surface area contributed by atoms with Crippen LogP contribution in [0.3, 0.4) is 0 Å². The first-order valence-corrected chi connectivity index (χ1v) is 3.47. The van der Waals surface area contributed by atoms with Crippen molar-refractivity contribution in [3.05, 3.63) is 11.8 Å². The monoisotopic (exact) mass is 139 g/mol. The number of carboxylic acid groups (broad SMARTS) is 1. The van der Waals surface area contributed by atoms with E-state index >= 15 is 0 Å². The van der Waals surface area contributed by atoms with E-state index in [0.29, 0.717) is 5.92 Å². The highest BCUT2D eigenvalue weighted by Gasteiger charge is 2.33. The Kier molecular flexibility index (Phi) is 1.01. The fourth-order valence-corrected chi connectivity index (χ4v) is 1.70. The summed E-state index contributed by atoms with van der Waals surface area (Å²) in [4.78, 5) is 11.9. The van der Waals surface area contributed by atoms with Gasteiger partial charge in [-0.05, 0) is 18.8 Å². The third-order valence-electron chi connectivity index (χ3n) is 2.20. The third-order valence-corrected chi connectivity index (χ3v) is 2.20. The Morgan fingerprint density at radius 3 is 2.90 bits per heavy atom. The fourth-order valence-electron chi connectivity index (χ4n) is 1.70. The zero-order valence-electron chi connectivity index (χ0n) is 5.58. The number of fused-ring (bicyclic) bond motifs is 2. The van der Waals surface area contributed by atoms with Crippen molar-refractivity contribution in [3.63, 3.8) is 0 Å². The molecular weight excluding hydrogens is 130 g/mol. The Labute approximate surface area is 58.9 Å². The molecule has 10 heavy (non-hydrogen) atoms. The molecule has 1 amide bonds. The van der Waals surface area contributed by atoms with Crippen molar-refractivity contribution in [2.45, 2.75) is 12.8 Å². The molecule has 0 saturated carbocycles. The molecule has 2 aliphatic rings. The average Bonchev–Trinajstić information content (AvgIpc) is 2.44. The summed E-state index contributed by atoms with van der Waals surface area (Å²) in [7, 11) is 0. The minimum atomic E-state index is -0.798. The minimum absolute atomic E-state index is 0.589. The molecule has 1 aliphatic heterocycles. The molecule has 0 radical (unpaired) electrons. The molecule has 1 saturated heterocycles. The number of carbonyl (C=O) groups is 1. The summed E-state index contributed by atoms with van der Waals surface area (Å²) in [6.45, 7) is 0.723. The van der Waals surface area contributed by atoms with Gasteiger partial charge in [-0.15, -0.1) is 0 Å². The van der Waals surface area contributed by atoms with Gasteiger partial charge in [0.25, 0.3) is 0 Å². The van der Waals surface area contributed by atoms with Crippen molar-refractivity contribution in [3.8, 4) is 0 Å². The van der Waals surface area contributed by atoms with E-state index in [-0.39, 0.29) is 0 Å². The van der Waals surface area contributed by atoms with Gasteiger partial charge in [-0.2, -0.15) is 0 Å². The number of rotatable bonds is 0. The highest BCUT2D eigenvalue weighted by Crippen LogP contribution is 2.35. The van der Waals surface area contributed by atoms with Crippen molar-refractivity contribution < 1.29 is 9.90 Å². The second kappa shape index (κ2) is 1.75. The lowest BCUT2D eigenvalue weighted by atomic mass is 10.1. The van der Waals surface area contributed by atoms with Crippen molar-refractivity contribution in [2.75, 3.05) is 6.54 Å². The maximum Gasteiger partial charge on any atom is 0.411 e. The van der Waals surface area contributed by atoms with Crippen LogP contribution in [0.4, 0.5) is 4.79 Å². The second-order valence-electron chi connectivity index (χ2n) is 2.89. The van der Waals surface area contributed by atoms with E-state index in [0.717, 1.165) is 25.1 Å². The smallest absolute Gasteiger partial charge is 0.411 e. The van der Waals surface area contributed by atoms with Gasteiger partial charge in [0.15, 0.2) is 0 Å². The van der Waals surface area contributed by atoms with Gasteiger partial charge in [0.2, 0.25) is 0 Å². The highest BCUT2D eigenvalue weighted by atomic mass is 16.4. The van der Waals surface area contributed by atoms with Crippen LogP contribution < -0.4 is 0 Å². The molecule has 0 aromatic rings. The maximum absolute atomic E-state index is 10.5. The molecule has 0 aromatic carbocycles. The molecular formula is C7H9NO2. The normalized spacial score (nSPS) is 29.0. The van der Waals surface area contributed by atoms with E-state index in [2.05, 4.69) is 0 Å². The Bertz CT molecular complexity index is 210. The molecule has 1 atom stereocenters. The molecule has 1 N–H and O–H groups in total. The summed E-state index contributed by atoms with van der Waals surface area (Å²) in [6, 6.07) is 0. The molecule has 54 valence electrons. The lowest BCUT2D eigenvalue weighted by Gasteiger charge is -2.16. The zero-order valence-corrected chi connectivity index (χ0v) is 5.58. The maximum atomic E-state index is 10.5. The van der Waals surface area contributed by atoms with Crippen LogP contribution in [0.2, 0.25) is 0 Å². The van der Waals surface area contributed by atoms with Gasteiger partial charge in [-0.3, -0.25) is 4.90 Å². The van der Waals surface area contributed by atoms with Gasteiger partial charge in [0, 0.05) is 12.2 Å². The SMILES string of the molecule is O=C(O)N1CC2CC=C1C2. The van der Waals surface area contributed by atoms with Crippen LogP contribution >= 0.6 is 0 Å². The van der Waals surface area contributed by atoms with E-state index in [1.165, 1.54) is 4.90 Å². The summed E-state index contributed by atoms with van der Waals surface area (Å²) in [5.41, 5.74) is 1.01. The number of hydrogen-bond acceptors (Lipinski definition) is 1. The van der Waals surface area contributed by atoms with E-state index in [4.69, 9.17) is 5.11 Å². The van der Waals surface area contributed by atoms with Gasteiger partial charge in [0.1, 0.15) is 0 Å². The summed E-state index contributed by atoms with van der Waals surface area (Å²) in [5, 5.41) is 8.62. The first kappa shape index (κ1) is 5.77. The molecule has 3 heteroatoms. The first-order chi connectivity index (χ1) is 4.77. The topological polar surface area (TPSA) is 40.5 Å². The minimum Gasteiger partial charge on any atom is -0.465 e. The van der Waals surface area contributed by atoms with Crippen molar-refractivity contribution in [1.82, 2.24) is 4.90 Å². The van der Waals surface area contributed by atoms with Gasteiger partial charge in [-0.25, -0.2) is 4.79 Å². The number of allylic oxidation sites excluding steroid dienone is 2. The van der Waals surface area contributed by atoms with Crippen LogP contribution in [0.5, 0.6) is 0 Å². The summed E-state index contributed by atoms with van der Waals surface area (Å²) in [5.74, 6) is 0.589. The molecule has 1 fully saturated rings. The van der Waals surface area contributed by atoms with Crippen LogP contribution in [-0.2, 0) is 0 Å². The predicted molar refractivity (Wildman–Crippen MR) is 35.5 cm³/mol. The molecule has 2 bridgehead atoms. The van der Waals surface area contributed by atoms with Crippen molar-refractivity contribution >= 4 is 6.09 Å². The molecule has 2 rings (SSSR count). The van der Waals surface area contributed by atoms with E-state index < -0.39 is 6.09 Å². The third kappa shape index (κ3) is 0.632. The highest BCUT2D eigenvalue weighted by molar-refractivity contribution is 5.68. The van der Waals surface area contributed by atoms with Crippen molar-refractivity contribution in [1.29, 1.82) is 0 Å².